The minimum absolute atomic E-state index is 0.00986. The number of cyclic esters (lactones) is 1. The van der Waals surface area contributed by atoms with E-state index in [2.05, 4.69) is 11.8 Å². The Morgan fingerprint density at radius 2 is 1.48 bits per heavy atom. The minimum atomic E-state index is -1.73. The number of nitrogens with zero attached hydrogens (tertiary/aromatic N) is 1. The monoisotopic (exact) mass is 746 g/mol. The van der Waals surface area contributed by atoms with Gasteiger partial charge in [0.2, 0.25) is 0 Å². The predicted octanol–water partition coefficient (Wildman–Crippen LogP) is 4.78. The number of rotatable bonds is 8. The van der Waals surface area contributed by atoms with Gasteiger partial charge in [-0.2, -0.15) is 0 Å². The van der Waals surface area contributed by atoms with Crippen molar-refractivity contribution in [3.63, 3.8) is 0 Å². The fraction of sp³-hybridized carbons (Fsp3) is 0.975. The lowest BCUT2D eigenvalue weighted by molar-refractivity contribution is -0.316. The summed E-state index contributed by atoms with van der Waals surface area (Å²) in [6, 6.07) is -0.00986. The fourth-order valence-corrected chi connectivity index (χ4v) is 9.17. The summed E-state index contributed by atoms with van der Waals surface area (Å²) in [7, 11) is 7.33. The third kappa shape index (κ3) is 9.71. The summed E-state index contributed by atoms with van der Waals surface area (Å²) in [5.41, 5.74) is -3.77. The van der Waals surface area contributed by atoms with Gasteiger partial charge in [-0.3, -0.25) is 4.79 Å². The van der Waals surface area contributed by atoms with Crippen molar-refractivity contribution < 1.29 is 53.3 Å². The first kappa shape index (κ1) is 45.5. The first-order valence-corrected chi connectivity index (χ1v) is 19.7. The molecule has 3 aliphatic rings. The zero-order valence-corrected chi connectivity index (χ0v) is 35.1. The lowest BCUT2D eigenvalue weighted by Crippen LogP contribution is -2.61. The number of ether oxygens (including phenoxy) is 7. The summed E-state index contributed by atoms with van der Waals surface area (Å²) >= 11 is 0. The summed E-state index contributed by atoms with van der Waals surface area (Å²) < 4.78 is 44.8. The Hall–Kier alpha value is -0.930. The van der Waals surface area contributed by atoms with Crippen LogP contribution in [0.25, 0.3) is 0 Å². The fourth-order valence-electron chi connectivity index (χ4n) is 9.17. The molecule has 0 spiro atoms. The molecule has 52 heavy (non-hydrogen) atoms. The van der Waals surface area contributed by atoms with Gasteiger partial charge in [-0.15, -0.1) is 0 Å². The topological polar surface area (TPSA) is 146 Å². The Balaban J connectivity index is 2.20. The van der Waals surface area contributed by atoms with Crippen LogP contribution < -0.4 is 0 Å². The van der Waals surface area contributed by atoms with Crippen LogP contribution in [-0.4, -0.2) is 133 Å². The molecule has 3 N–H and O–H groups in total. The van der Waals surface area contributed by atoms with Gasteiger partial charge >= 0.3 is 5.97 Å². The second-order valence-corrected chi connectivity index (χ2v) is 17.6. The maximum absolute atomic E-state index is 14.2. The Morgan fingerprint density at radius 3 is 2.02 bits per heavy atom. The summed E-state index contributed by atoms with van der Waals surface area (Å²) in [6.07, 6.45) is -4.66. The summed E-state index contributed by atoms with van der Waals surface area (Å²) in [5.74, 6) is -2.71. The molecule has 3 fully saturated rings. The van der Waals surface area contributed by atoms with E-state index in [-0.39, 0.29) is 42.4 Å². The van der Waals surface area contributed by atoms with Crippen LogP contribution in [0.2, 0.25) is 0 Å². The van der Waals surface area contributed by atoms with Crippen molar-refractivity contribution in [1.29, 1.82) is 0 Å². The van der Waals surface area contributed by atoms with Crippen LogP contribution in [-0.2, 0) is 38.0 Å². The summed E-state index contributed by atoms with van der Waals surface area (Å²) in [4.78, 5) is 16.4. The molecule has 0 aromatic heterocycles. The maximum Gasteiger partial charge on any atom is 0.311 e. The first-order chi connectivity index (χ1) is 24.0. The molecule has 0 radical (unpaired) electrons. The van der Waals surface area contributed by atoms with E-state index in [9.17, 15) is 20.1 Å². The number of methoxy groups -OCH3 is 2. The summed E-state index contributed by atoms with van der Waals surface area (Å²) in [6.45, 7) is 22.8. The smallest absolute Gasteiger partial charge is 0.311 e. The molecule has 2 unspecified atom stereocenters. The molecule has 19 atom stereocenters. The van der Waals surface area contributed by atoms with Crippen molar-refractivity contribution in [3.8, 4) is 0 Å². The molecule has 3 rings (SSSR count). The van der Waals surface area contributed by atoms with Crippen LogP contribution in [0, 0.1) is 35.5 Å². The number of hydrogen-bond donors (Lipinski definition) is 3. The molecule has 12 nitrogen and oxygen atoms in total. The van der Waals surface area contributed by atoms with Gasteiger partial charge in [-0.05, 0) is 92.7 Å². The van der Waals surface area contributed by atoms with E-state index in [1.807, 2.05) is 69.5 Å². The predicted molar refractivity (Wildman–Crippen MR) is 198 cm³/mol. The molecule has 12 heteroatoms. The van der Waals surface area contributed by atoms with E-state index >= 15 is 0 Å². The molecule has 0 amide bonds. The van der Waals surface area contributed by atoms with E-state index in [1.165, 1.54) is 6.92 Å². The lowest BCUT2D eigenvalue weighted by atomic mass is 9.70. The zero-order valence-electron chi connectivity index (χ0n) is 35.1. The van der Waals surface area contributed by atoms with Crippen molar-refractivity contribution in [2.45, 2.75) is 187 Å². The van der Waals surface area contributed by atoms with Gasteiger partial charge in [-0.25, -0.2) is 0 Å². The van der Waals surface area contributed by atoms with E-state index in [0.29, 0.717) is 12.8 Å². The van der Waals surface area contributed by atoms with E-state index in [4.69, 9.17) is 33.2 Å². The molecule has 306 valence electrons. The van der Waals surface area contributed by atoms with Crippen molar-refractivity contribution in [2.75, 3.05) is 28.3 Å². The van der Waals surface area contributed by atoms with Gasteiger partial charge < -0.3 is 53.4 Å². The van der Waals surface area contributed by atoms with Gasteiger partial charge in [0.25, 0.3) is 0 Å². The number of carbonyl (C=O) groups excluding carboxylic acids is 1. The standard InChI is InChI=1S/C40H75NO11/c1-17-30-40(12,45)34(42)24(5)23(4)21(2)19-38(10,44)35(52-37-33(46-15)29(41(13)14)18-22(3)48-37)25(6)32(26(7)36(43)50-30)51-31-20-39(11,47-16)27(8)28(9)49-31/h21-35,37,42,44-45H,17-20H2,1-16H3/t21-,22-,23+,24+,25+,26?,27+,28+,29+,30-,31?,32+,33-,34-,35-,37+,38-,39-,40-/m1/s1. The highest BCUT2D eigenvalue weighted by atomic mass is 16.7. The second-order valence-electron chi connectivity index (χ2n) is 17.6. The molecular weight excluding hydrogens is 670 g/mol. The number of hydrogen-bond acceptors (Lipinski definition) is 12. The van der Waals surface area contributed by atoms with Crippen molar-refractivity contribution >= 4 is 5.97 Å². The van der Waals surface area contributed by atoms with E-state index in [0.717, 1.165) is 6.42 Å². The van der Waals surface area contributed by atoms with Crippen LogP contribution >= 0.6 is 0 Å². The average molecular weight is 746 g/mol. The van der Waals surface area contributed by atoms with Crippen LogP contribution in [0.15, 0.2) is 0 Å². The molecule has 0 aliphatic carbocycles. The number of aliphatic hydroxyl groups excluding tert-OH is 1. The van der Waals surface area contributed by atoms with Gasteiger partial charge in [-0.1, -0.05) is 41.5 Å². The normalized spacial score (nSPS) is 50.4. The number of esters is 1. The third-order valence-electron chi connectivity index (χ3n) is 13.5. The third-order valence-corrected chi connectivity index (χ3v) is 13.5. The molecule has 0 bridgehead atoms. The Morgan fingerprint density at radius 1 is 0.865 bits per heavy atom. The quantitative estimate of drug-likeness (QED) is 0.294. The highest BCUT2D eigenvalue weighted by molar-refractivity contribution is 5.73. The Labute approximate surface area is 314 Å². The molecule has 0 aromatic rings. The number of carbonyl (C=O) groups is 1. The Bertz CT molecular complexity index is 1140. The van der Waals surface area contributed by atoms with Crippen molar-refractivity contribution in [1.82, 2.24) is 4.90 Å². The highest BCUT2D eigenvalue weighted by Crippen LogP contribution is 2.43. The minimum Gasteiger partial charge on any atom is -0.459 e. The van der Waals surface area contributed by atoms with E-state index in [1.54, 1.807) is 28.1 Å². The van der Waals surface area contributed by atoms with Gasteiger partial charge in [0.15, 0.2) is 12.6 Å². The number of likely N-dealkylation sites (N-methyl/N-ethyl adjacent to an activating group) is 1. The second kappa shape index (κ2) is 17.9. The zero-order chi connectivity index (χ0) is 39.7. The SMILES string of the molecule is CC[C@H]1OC(=O)C(C)[C@@H](OC2C[C@@](C)(OC)[C@@H](C)[C@H](C)O2)[C@H](C)[C@@H](O[C@@H]2O[C@H](C)C[C@H](N(C)C)[C@H]2OC)[C@](C)(O)C[C@@H](C)[C@H](C)[C@H](C)[C@@H](O)[C@]1(C)O. The molecule has 3 aliphatic heterocycles. The first-order valence-electron chi connectivity index (χ1n) is 19.7. The largest absolute Gasteiger partial charge is 0.459 e. The van der Waals surface area contributed by atoms with Gasteiger partial charge in [0.1, 0.15) is 17.8 Å². The van der Waals surface area contributed by atoms with Gasteiger partial charge in [0, 0.05) is 38.5 Å². The van der Waals surface area contributed by atoms with Crippen molar-refractivity contribution in [2.24, 2.45) is 35.5 Å². The number of aliphatic hydroxyl groups is 3. The summed E-state index contributed by atoms with van der Waals surface area (Å²) in [5, 5.41) is 36.1. The molecular formula is C40H75NO11. The van der Waals surface area contributed by atoms with Crippen molar-refractivity contribution in [3.05, 3.63) is 0 Å². The van der Waals surface area contributed by atoms with Crippen LogP contribution in [0.4, 0.5) is 0 Å². The molecule has 3 saturated heterocycles. The molecule has 0 aromatic carbocycles. The maximum atomic E-state index is 14.2. The van der Waals surface area contributed by atoms with Gasteiger partial charge in [0.05, 0.1) is 47.6 Å². The van der Waals surface area contributed by atoms with E-state index < -0.39 is 83.6 Å². The lowest BCUT2D eigenvalue weighted by Gasteiger charge is -2.50. The molecule has 0 saturated carbocycles. The highest BCUT2D eigenvalue weighted by Gasteiger charge is 2.53. The van der Waals surface area contributed by atoms with Crippen LogP contribution in [0.5, 0.6) is 0 Å². The van der Waals surface area contributed by atoms with Crippen LogP contribution in [0.1, 0.15) is 109 Å². The average Bonchev–Trinajstić information content (AvgIpc) is 3.07. The Kier molecular flexibility index (Phi) is 15.6. The van der Waals surface area contributed by atoms with Crippen LogP contribution in [0.3, 0.4) is 0 Å². The molecule has 3 heterocycles.